The van der Waals surface area contributed by atoms with Crippen LogP contribution in [0.4, 0.5) is 0 Å². The van der Waals surface area contributed by atoms with Gasteiger partial charge in [0.2, 0.25) is 0 Å². The molecular formula is C31H62BrNP2. The molecule has 0 spiro atoms. The van der Waals surface area contributed by atoms with Gasteiger partial charge in [-0.05, 0) is 0 Å². The summed E-state index contributed by atoms with van der Waals surface area (Å²) in [7, 11) is -0.483. The van der Waals surface area contributed by atoms with Gasteiger partial charge >= 0.3 is 218 Å². The Balaban J connectivity index is 0.0000116. The Morgan fingerprint density at radius 1 is 0.543 bits per heavy atom. The van der Waals surface area contributed by atoms with Crippen molar-refractivity contribution in [1.82, 2.24) is 4.86 Å². The van der Waals surface area contributed by atoms with Gasteiger partial charge in [0, 0.05) is 0 Å². The molecule has 0 saturated carbocycles. The molecule has 1 nitrogen and oxygen atoms in total. The Morgan fingerprint density at radius 2 is 0.914 bits per heavy atom. The normalized spacial score (nSPS) is 12.3. The van der Waals surface area contributed by atoms with Crippen molar-refractivity contribution in [2.24, 2.45) is 0 Å². The van der Waals surface area contributed by atoms with Crippen LogP contribution in [-0.2, 0) is 6.16 Å². The van der Waals surface area contributed by atoms with E-state index >= 15 is 0 Å². The van der Waals surface area contributed by atoms with E-state index in [4.69, 9.17) is 0 Å². The molecule has 1 rings (SSSR count). The van der Waals surface area contributed by atoms with Crippen molar-refractivity contribution < 1.29 is 0 Å². The molecule has 0 aliphatic heterocycles. The molecular weight excluding hydrogens is 528 g/mol. The van der Waals surface area contributed by atoms with E-state index in [2.05, 4.69) is 56.0 Å². The molecule has 1 unspecified atom stereocenters. The first-order valence-electron chi connectivity index (χ1n) is 15.3. The van der Waals surface area contributed by atoms with Crippen LogP contribution in [0.5, 0.6) is 0 Å². The molecule has 1 atom stereocenters. The van der Waals surface area contributed by atoms with Gasteiger partial charge in [-0.15, -0.1) is 17.0 Å². The van der Waals surface area contributed by atoms with Gasteiger partial charge in [-0.3, -0.25) is 0 Å². The zero-order chi connectivity index (χ0) is 24.6. The monoisotopic (exact) mass is 589 g/mol. The Kier molecular flexibility index (Phi) is 26.5. The predicted octanol–water partition coefficient (Wildman–Crippen LogP) is 11.7. The summed E-state index contributed by atoms with van der Waals surface area (Å²) < 4.78 is 0. The van der Waals surface area contributed by atoms with Gasteiger partial charge in [0.1, 0.15) is 0 Å². The Morgan fingerprint density at radius 3 is 1.31 bits per heavy atom. The van der Waals surface area contributed by atoms with Crippen molar-refractivity contribution in [2.45, 2.75) is 143 Å². The van der Waals surface area contributed by atoms with Crippen LogP contribution in [0.1, 0.15) is 142 Å². The summed E-state index contributed by atoms with van der Waals surface area (Å²) in [5.41, 5.74) is 1.51. The molecule has 35 heavy (non-hydrogen) atoms. The molecule has 4 heteroatoms. The maximum atomic E-state index is 4.35. The van der Waals surface area contributed by atoms with Gasteiger partial charge < -0.3 is 0 Å². The zero-order valence-electron chi connectivity index (χ0n) is 23.9. The van der Waals surface area contributed by atoms with Gasteiger partial charge in [0.05, 0.1) is 0 Å². The SMILES string of the molecule is Br.CCCCCCCC[PH](CCCCCCCC)(CCCCCCCC)NPCc1ccccc1. The fourth-order valence-corrected chi connectivity index (χ4v) is 12.5. The van der Waals surface area contributed by atoms with E-state index in [0.717, 1.165) is 8.73 Å². The van der Waals surface area contributed by atoms with Crippen molar-refractivity contribution in [3.63, 3.8) is 0 Å². The number of benzene rings is 1. The molecule has 0 saturated heterocycles. The minimum atomic E-state index is -1.39. The molecule has 0 aliphatic rings. The van der Waals surface area contributed by atoms with Gasteiger partial charge in [-0.2, -0.15) is 0 Å². The van der Waals surface area contributed by atoms with Crippen molar-refractivity contribution in [2.75, 3.05) is 18.5 Å². The van der Waals surface area contributed by atoms with E-state index in [9.17, 15) is 0 Å². The zero-order valence-corrected chi connectivity index (χ0v) is 27.6. The number of hydrogen-bond donors (Lipinski definition) is 1. The average molecular weight is 591 g/mol. The minimum absolute atomic E-state index is 0. The van der Waals surface area contributed by atoms with E-state index in [1.54, 1.807) is 0 Å². The summed E-state index contributed by atoms with van der Waals surface area (Å²) in [4.78, 5) is 4.35. The third kappa shape index (κ3) is 20.2. The molecule has 0 aromatic heterocycles. The summed E-state index contributed by atoms with van der Waals surface area (Å²) in [6, 6.07) is 11.2. The van der Waals surface area contributed by atoms with Crippen LogP contribution < -0.4 is 4.86 Å². The van der Waals surface area contributed by atoms with Crippen LogP contribution in [0.15, 0.2) is 30.3 Å². The number of nitrogens with one attached hydrogen (secondary N) is 1. The Bertz CT molecular complexity index is 499. The second-order valence-electron chi connectivity index (χ2n) is 10.8. The van der Waals surface area contributed by atoms with Crippen molar-refractivity contribution in [3.05, 3.63) is 35.9 Å². The fraction of sp³-hybridized carbons (Fsp3) is 0.806. The van der Waals surface area contributed by atoms with Crippen molar-refractivity contribution >= 4 is 33.1 Å². The van der Waals surface area contributed by atoms with Gasteiger partial charge in [-0.1, -0.05) is 0 Å². The number of rotatable bonds is 25. The number of halogens is 1. The molecule has 0 radical (unpaired) electrons. The van der Waals surface area contributed by atoms with E-state index in [1.165, 1.54) is 146 Å². The quantitative estimate of drug-likeness (QED) is 0.0882. The maximum absolute atomic E-state index is 4.35. The van der Waals surface area contributed by atoms with Crippen LogP contribution in [0.3, 0.4) is 0 Å². The fourth-order valence-electron chi connectivity index (χ4n) is 5.22. The van der Waals surface area contributed by atoms with E-state index in [0.29, 0.717) is 0 Å². The summed E-state index contributed by atoms with van der Waals surface area (Å²) in [6.07, 6.45) is 31.7. The van der Waals surface area contributed by atoms with Crippen LogP contribution in [0, 0.1) is 0 Å². The van der Waals surface area contributed by atoms with Crippen LogP contribution >= 0.6 is 33.1 Å². The van der Waals surface area contributed by atoms with E-state index < -0.39 is 7.41 Å². The van der Waals surface area contributed by atoms with Gasteiger partial charge in [0.25, 0.3) is 0 Å². The average Bonchev–Trinajstić information content (AvgIpc) is 2.86. The number of hydrogen-bond acceptors (Lipinski definition) is 1. The molecule has 0 bridgehead atoms. The van der Waals surface area contributed by atoms with Gasteiger partial charge in [0.15, 0.2) is 0 Å². The van der Waals surface area contributed by atoms with Crippen LogP contribution in [-0.4, -0.2) is 18.5 Å². The Labute approximate surface area is 234 Å². The standard InChI is InChI=1S/C31H61NP2.BrH/c1-4-7-10-13-16-22-27-34(28-23-17-14-11-8-5-2,29-24-18-15-12-9-6-3)32-33-30-31-25-20-19-21-26-31;/h19-21,25-26,32-34H,4-18,22-24,27-30H2,1-3H3;1H. The number of unbranched alkanes of at least 4 members (excludes halogenated alkanes) is 15. The van der Waals surface area contributed by atoms with E-state index in [1.807, 2.05) is 0 Å². The third-order valence-electron chi connectivity index (χ3n) is 7.52. The molecule has 1 aromatic rings. The van der Waals surface area contributed by atoms with Crippen molar-refractivity contribution in [1.29, 1.82) is 0 Å². The molecule has 1 N–H and O–H groups in total. The van der Waals surface area contributed by atoms with Crippen LogP contribution in [0.2, 0.25) is 0 Å². The molecule has 0 fully saturated rings. The van der Waals surface area contributed by atoms with E-state index in [-0.39, 0.29) is 17.0 Å². The first kappa shape index (κ1) is 35.5. The predicted molar refractivity (Wildman–Crippen MR) is 175 cm³/mol. The summed E-state index contributed by atoms with van der Waals surface area (Å²) >= 11 is 0. The summed E-state index contributed by atoms with van der Waals surface area (Å²) in [5, 5.41) is 0. The van der Waals surface area contributed by atoms with Crippen LogP contribution in [0.25, 0.3) is 0 Å². The Hall–Kier alpha value is 0.520. The first-order chi connectivity index (χ1) is 16.8. The third-order valence-corrected chi connectivity index (χ3v) is 14.9. The van der Waals surface area contributed by atoms with Gasteiger partial charge in [-0.25, -0.2) is 0 Å². The molecule has 0 aliphatic carbocycles. The first-order valence-corrected chi connectivity index (χ1v) is 19.1. The molecule has 1 aromatic carbocycles. The molecule has 0 heterocycles. The molecule has 0 amide bonds. The second kappa shape index (κ2) is 26.1. The second-order valence-corrected chi connectivity index (χ2v) is 16.6. The van der Waals surface area contributed by atoms with Crippen molar-refractivity contribution in [3.8, 4) is 0 Å². The summed E-state index contributed by atoms with van der Waals surface area (Å²) in [5.74, 6) is 0. The summed E-state index contributed by atoms with van der Waals surface area (Å²) in [6.45, 7) is 6.99. The molecule has 208 valence electrons. The topological polar surface area (TPSA) is 12.0 Å².